The summed E-state index contributed by atoms with van der Waals surface area (Å²) in [5, 5.41) is 2.90. The van der Waals surface area contributed by atoms with Gasteiger partial charge in [0.25, 0.3) is 0 Å². The minimum atomic E-state index is -0.294. The van der Waals surface area contributed by atoms with Crippen LogP contribution in [0.5, 0.6) is 0 Å². The van der Waals surface area contributed by atoms with Crippen molar-refractivity contribution < 1.29 is 14.3 Å². The van der Waals surface area contributed by atoms with E-state index in [9.17, 15) is 9.59 Å². The molecular formula is C13H22N2O3. The van der Waals surface area contributed by atoms with Crippen molar-refractivity contribution in [2.24, 2.45) is 0 Å². The maximum absolute atomic E-state index is 12.1. The first-order valence-corrected chi connectivity index (χ1v) is 6.88. The summed E-state index contributed by atoms with van der Waals surface area (Å²) in [5.74, 6) is 0.279. The Morgan fingerprint density at radius 2 is 2.39 bits per heavy atom. The van der Waals surface area contributed by atoms with Crippen molar-refractivity contribution in [2.75, 3.05) is 26.3 Å². The van der Waals surface area contributed by atoms with Gasteiger partial charge in [0.1, 0.15) is 11.8 Å². The topological polar surface area (TPSA) is 58.6 Å². The highest BCUT2D eigenvalue weighted by molar-refractivity contribution is 5.88. The number of nitrogens with zero attached hydrogens (tertiary/aromatic N) is 1. The van der Waals surface area contributed by atoms with Gasteiger partial charge in [0.05, 0.1) is 19.3 Å². The van der Waals surface area contributed by atoms with Crippen LogP contribution in [0.4, 0.5) is 0 Å². The number of hydrogen-bond acceptors (Lipinski definition) is 4. The smallest absolute Gasteiger partial charge is 0.239 e. The summed E-state index contributed by atoms with van der Waals surface area (Å²) >= 11 is 0. The first-order valence-electron chi connectivity index (χ1n) is 6.88. The van der Waals surface area contributed by atoms with E-state index in [0.717, 1.165) is 19.3 Å². The van der Waals surface area contributed by atoms with Crippen molar-refractivity contribution in [2.45, 2.75) is 44.7 Å². The van der Waals surface area contributed by atoms with Gasteiger partial charge in [0, 0.05) is 19.5 Å². The van der Waals surface area contributed by atoms with E-state index in [1.807, 2.05) is 11.8 Å². The molecule has 2 atom stereocenters. The summed E-state index contributed by atoms with van der Waals surface area (Å²) in [7, 11) is 0. The molecule has 1 saturated carbocycles. The number of carbonyl (C=O) groups excluding carboxylic acids is 2. The molecule has 1 amide bonds. The molecule has 0 spiro atoms. The third kappa shape index (κ3) is 2.90. The van der Waals surface area contributed by atoms with Crippen molar-refractivity contribution in [3.63, 3.8) is 0 Å². The fourth-order valence-electron chi connectivity index (χ4n) is 2.73. The molecule has 1 saturated heterocycles. The lowest BCUT2D eigenvalue weighted by atomic mass is 10.1. The second kappa shape index (κ2) is 6.29. The van der Waals surface area contributed by atoms with E-state index in [1.54, 1.807) is 0 Å². The molecule has 2 unspecified atom stereocenters. The van der Waals surface area contributed by atoms with Crippen LogP contribution in [-0.4, -0.2) is 55.0 Å². The molecule has 2 aliphatic rings. The van der Waals surface area contributed by atoms with Gasteiger partial charge in [0.2, 0.25) is 5.91 Å². The number of morpholine rings is 1. The molecule has 5 nitrogen and oxygen atoms in total. The number of ketones is 1. The Labute approximate surface area is 108 Å². The van der Waals surface area contributed by atoms with Crippen LogP contribution in [0, 0.1) is 0 Å². The predicted octanol–water partition coefficient (Wildman–Crippen LogP) is 0.335. The van der Waals surface area contributed by atoms with E-state index in [0.29, 0.717) is 32.7 Å². The number of carbonyl (C=O) groups is 2. The predicted molar refractivity (Wildman–Crippen MR) is 67.3 cm³/mol. The van der Waals surface area contributed by atoms with Crippen molar-refractivity contribution in [3.05, 3.63) is 0 Å². The van der Waals surface area contributed by atoms with Gasteiger partial charge in [-0.3, -0.25) is 14.5 Å². The Bertz CT molecular complexity index is 319. The normalized spacial score (nSPS) is 29.5. The van der Waals surface area contributed by atoms with Gasteiger partial charge in [-0.15, -0.1) is 0 Å². The zero-order valence-electron chi connectivity index (χ0n) is 11.0. The fraction of sp³-hybridized carbons (Fsp3) is 0.846. The number of hydrogen-bond donors (Lipinski definition) is 1. The molecule has 2 fully saturated rings. The maximum atomic E-state index is 12.1. The third-order valence-electron chi connectivity index (χ3n) is 3.69. The summed E-state index contributed by atoms with van der Waals surface area (Å²) < 4.78 is 5.39. The second-order valence-corrected chi connectivity index (χ2v) is 4.99. The largest absolute Gasteiger partial charge is 0.378 e. The lowest BCUT2D eigenvalue weighted by Crippen LogP contribution is -2.58. The highest BCUT2D eigenvalue weighted by Crippen LogP contribution is 2.23. The summed E-state index contributed by atoms with van der Waals surface area (Å²) in [6.45, 7) is 4.40. The molecule has 0 aromatic heterocycles. The maximum Gasteiger partial charge on any atom is 0.239 e. The Hall–Kier alpha value is -0.940. The van der Waals surface area contributed by atoms with E-state index in [2.05, 4.69) is 5.32 Å². The number of amides is 1. The minimum Gasteiger partial charge on any atom is -0.378 e. The SMILES string of the molecule is CCCNC(=O)C1COCCN1C1CCCC1=O. The van der Waals surface area contributed by atoms with Gasteiger partial charge in [-0.1, -0.05) is 6.92 Å². The van der Waals surface area contributed by atoms with Crippen LogP contribution in [0.1, 0.15) is 32.6 Å². The summed E-state index contributed by atoms with van der Waals surface area (Å²) in [4.78, 5) is 26.0. The number of rotatable bonds is 4. The van der Waals surface area contributed by atoms with Gasteiger partial charge in [-0.25, -0.2) is 0 Å². The van der Waals surface area contributed by atoms with Gasteiger partial charge in [0.15, 0.2) is 0 Å². The summed E-state index contributed by atoms with van der Waals surface area (Å²) in [6.07, 6.45) is 3.41. The van der Waals surface area contributed by atoms with E-state index in [1.165, 1.54) is 0 Å². The number of Topliss-reactive ketones (excluding diaryl/α,β-unsaturated/α-hetero) is 1. The van der Waals surface area contributed by atoms with Crippen LogP contribution < -0.4 is 5.32 Å². The fourth-order valence-corrected chi connectivity index (χ4v) is 2.73. The standard InChI is InChI=1S/C13H22N2O3/c1-2-6-14-13(17)11-9-18-8-7-15(11)10-4-3-5-12(10)16/h10-11H,2-9H2,1H3,(H,14,17). The zero-order valence-corrected chi connectivity index (χ0v) is 11.0. The van der Waals surface area contributed by atoms with Crippen molar-refractivity contribution >= 4 is 11.7 Å². The van der Waals surface area contributed by atoms with Crippen LogP contribution in [0.25, 0.3) is 0 Å². The molecule has 1 aliphatic heterocycles. The Balaban J connectivity index is 2.01. The molecular weight excluding hydrogens is 232 g/mol. The molecule has 18 heavy (non-hydrogen) atoms. The lowest BCUT2D eigenvalue weighted by Gasteiger charge is -2.37. The van der Waals surface area contributed by atoms with E-state index in [4.69, 9.17) is 4.74 Å². The molecule has 102 valence electrons. The Morgan fingerprint density at radius 3 is 3.06 bits per heavy atom. The minimum absolute atomic E-state index is 0.00347. The molecule has 1 N–H and O–H groups in total. The Morgan fingerprint density at radius 1 is 1.56 bits per heavy atom. The van der Waals surface area contributed by atoms with Crippen LogP contribution >= 0.6 is 0 Å². The van der Waals surface area contributed by atoms with Crippen molar-refractivity contribution in [1.29, 1.82) is 0 Å². The first kappa shape index (κ1) is 13.5. The monoisotopic (exact) mass is 254 g/mol. The number of nitrogens with one attached hydrogen (secondary N) is 1. The molecule has 0 radical (unpaired) electrons. The second-order valence-electron chi connectivity index (χ2n) is 4.99. The molecule has 0 aromatic rings. The van der Waals surface area contributed by atoms with Gasteiger partial charge in [-0.05, 0) is 19.3 Å². The van der Waals surface area contributed by atoms with Crippen LogP contribution in [0.3, 0.4) is 0 Å². The average molecular weight is 254 g/mol. The van der Waals surface area contributed by atoms with Gasteiger partial charge < -0.3 is 10.1 Å². The van der Waals surface area contributed by atoms with Crippen LogP contribution in [-0.2, 0) is 14.3 Å². The van der Waals surface area contributed by atoms with Gasteiger partial charge >= 0.3 is 0 Å². The van der Waals surface area contributed by atoms with Crippen LogP contribution in [0.2, 0.25) is 0 Å². The third-order valence-corrected chi connectivity index (χ3v) is 3.69. The highest BCUT2D eigenvalue weighted by Gasteiger charge is 2.38. The van der Waals surface area contributed by atoms with E-state index < -0.39 is 0 Å². The van der Waals surface area contributed by atoms with E-state index >= 15 is 0 Å². The molecule has 1 aliphatic carbocycles. The number of ether oxygens (including phenoxy) is 1. The average Bonchev–Trinajstić information content (AvgIpc) is 2.82. The molecule has 5 heteroatoms. The molecule has 2 rings (SSSR count). The molecule has 0 bridgehead atoms. The first-order chi connectivity index (χ1) is 8.74. The Kier molecular flexibility index (Phi) is 4.72. The lowest BCUT2D eigenvalue weighted by molar-refractivity contribution is -0.138. The van der Waals surface area contributed by atoms with Crippen LogP contribution in [0.15, 0.2) is 0 Å². The van der Waals surface area contributed by atoms with Gasteiger partial charge in [-0.2, -0.15) is 0 Å². The molecule has 1 heterocycles. The van der Waals surface area contributed by atoms with E-state index in [-0.39, 0.29) is 23.8 Å². The van der Waals surface area contributed by atoms with Crippen molar-refractivity contribution in [1.82, 2.24) is 10.2 Å². The summed E-state index contributed by atoms with van der Waals surface area (Å²) in [5.41, 5.74) is 0. The quantitative estimate of drug-likeness (QED) is 0.785. The summed E-state index contributed by atoms with van der Waals surface area (Å²) in [6, 6.07) is -0.358. The molecule has 0 aromatic carbocycles. The van der Waals surface area contributed by atoms with Crippen molar-refractivity contribution in [3.8, 4) is 0 Å². The zero-order chi connectivity index (χ0) is 13.0. The highest BCUT2D eigenvalue weighted by atomic mass is 16.5.